The van der Waals surface area contributed by atoms with Crippen LogP contribution in [0, 0.1) is 0 Å². The summed E-state index contributed by atoms with van der Waals surface area (Å²) in [6.07, 6.45) is 3.90. The fourth-order valence-corrected chi connectivity index (χ4v) is 4.04. The van der Waals surface area contributed by atoms with Crippen LogP contribution in [0.15, 0.2) is 35.1 Å². The number of aromatic nitrogens is 4. The minimum Gasteiger partial charge on any atom is -0.383 e. The molecular weight excluding hydrogens is 382 g/mol. The van der Waals surface area contributed by atoms with Gasteiger partial charge in [0, 0.05) is 19.7 Å². The average molecular weight is 409 g/mol. The second-order valence-corrected chi connectivity index (χ2v) is 7.71. The molecule has 0 saturated carbocycles. The first-order valence-corrected chi connectivity index (χ1v) is 10.4. The van der Waals surface area contributed by atoms with Crippen LogP contribution < -0.4 is 10.9 Å². The van der Waals surface area contributed by atoms with Crippen LogP contribution in [-0.2, 0) is 35.5 Å². The van der Waals surface area contributed by atoms with Gasteiger partial charge in [-0.2, -0.15) is 5.10 Å². The molecule has 4 rings (SSSR count). The standard InChI is InChI=1S/C22H27N5O3/c1-15(22-24-18-9-5-6-10-19(18)26(22)11-12-30-2)23-20(28)14-27-21(29)13-16-7-3-4-8-17(16)25-27/h5-6,9-10,13,15H,3-4,7-8,11-12,14H2,1-2H3,(H,23,28)/t15-/m0/s1. The van der Waals surface area contributed by atoms with Crippen molar-refractivity contribution in [2.75, 3.05) is 13.7 Å². The molecule has 30 heavy (non-hydrogen) atoms. The number of hydrogen-bond acceptors (Lipinski definition) is 5. The summed E-state index contributed by atoms with van der Waals surface area (Å²) in [5, 5.41) is 7.40. The number of ether oxygens (including phenoxy) is 1. The number of amides is 1. The first kappa shape index (κ1) is 20.3. The Balaban J connectivity index is 1.52. The van der Waals surface area contributed by atoms with E-state index in [1.54, 1.807) is 13.2 Å². The van der Waals surface area contributed by atoms with Gasteiger partial charge in [-0.15, -0.1) is 0 Å². The number of imidazole rings is 1. The third-order valence-electron chi connectivity index (χ3n) is 5.54. The number of carbonyl (C=O) groups is 1. The van der Waals surface area contributed by atoms with Crippen molar-refractivity contribution in [1.82, 2.24) is 24.6 Å². The second kappa shape index (κ2) is 8.79. The highest BCUT2D eigenvalue weighted by atomic mass is 16.5. The summed E-state index contributed by atoms with van der Waals surface area (Å²) in [5.41, 5.74) is 3.59. The molecule has 1 aliphatic carbocycles. The molecule has 3 aromatic rings. The maximum atomic E-state index is 12.7. The van der Waals surface area contributed by atoms with Crippen LogP contribution in [0.1, 0.15) is 42.9 Å². The van der Waals surface area contributed by atoms with Gasteiger partial charge in [0.05, 0.1) is 29.4 Å². The lowest BCUT2D eigenvalue weighted by Gasteiger charge is -2.18. The highest BCUT2D eigenvalue weighted by Crippen LogP contribution is 2.21. The van der Waals surface area contributed by atoms with Gasteiger partial charge in [0.1, 0.15) is 12.4 Å². The molecule has 8 heteroatoms. The van der Waals surface area contributed by atoms with Crippen molar-refractivity contribution < 1.29 is 9.53 Å². The fourth-order valence-electron chi connectivity index (χ4n) is 4.04. The third kappa shape index (κ3) is 4.14. The summed E-state index contributed by atoms with van der Waals surface area (Å²) in [7, 11) is 1.66. The number of carbonyl (C=O) groups excluding carboxylic acids is 1. The summed E-state index contributed by atoms with van der Waals surface area (Å²) in [6.45, 7) is 2.97. The van der Waals surface area contributed by atoms with Crippen LogP contribution in [0.25, 0.3) is 11.0 Å². The van der Waals surface area contributed by atoms with E-state index in [1.165, 1.54) is 4.68 Å². The van der Waals surface area contributed by atoms with Crippen molar-refractivity contribution in [2.45, 2.75) is 51.7 Å². The summed E-state index contributed by atoms with van der Waals surface area (Å²) in [4.78, 5) is 29.8. The van der Waals surface area contributed by atoms with Crippen molar-refractivity contribution in [2.24, 2.45) is 0 Å². The molecule has 0 bridgehead atoms. The number of rotatable bonds is 7. The molecule has 1 N–H and O–H groups in total. The Morgan fingerprint density at radius 1 is 1.27 bits per heavy atom. The van der Waals surface area contributed by atoms with Crippen LogP contribution in [0.4, 0.5) is 0 Å². The van der Waals surface area contributed by atoms with Crippen molar-refractivity contribution in [1.29, 1.82) is 0 Å². The quantitative estimate of drug-likeness (QED) is 0.644. The van der Waals surface area contributed by atoms with Gasteiger partial charge in [0.2, 0.25) is 5.91 Å². The van der Waals surface area contributed by atoms with Crippen molar-refractivity contribution in [3.63, 3.8) is 0 Å². The zero-order valence-electron chi connectivity index (χ0n) is 17.4. The third-order valence-corrected chi connectivity index (χ3v) is 5.54. The molecule has 2 aromatic heterocycles. The van der Waals surface area contributed by atoms with Gasteiger partial charge in [0.25, 0.3) is 5.56 Å². The van der Waals surface area contributed by atoms with E-state index in [4.69, 9.17) is 9.72 Å². The van der Waals surface area contributed by atoms with E-state index >= 15 is 0 Å². The Kier molecular flexibility index (Phi) is 5.94. The van der Waals surface area contributed by atoms with Gasteiger partial charge >= 0.3 is 0 Å². The van der Waals surface area contributed by atoms with Gasteiger partial charge in [-0.3, -0.25) is 9.59 Å². The van der Waals surface area contributed by atoms with E-state index in [0.717, 1.165) is 53.8 Å². The monoisotopic (exact) mass is 409 g/mol. The summed E-state index contributed by atoms with van der Waals surface area (Å²) in [6, 6.07) is 9.17. The Bertz CT molecular complexity index is 1120. The van der Waals surface area contributed by atoms with E-state index in [0.29, 0.717) is 13.2 Å². The molecule has 0 aliphatic heterocycles. The Morgan fingerprint density at radius 2 is 2.07 bits per heavy atom. The lowest BCUT2D eigenvalue weighted by Crippen LogP contribution is -2.36. The number of nitrogens with zero attached hydrogens (tertiary/aromatic N) is 4. The Morgan fingerprint density at radius 3 is 2.90 bits per heavy atom. The molecule has 2 heterocycles. The molecule has 0 radical (unpaired) electrons. The first-order valence-electron chi connectivity index (χ1n) is 10.4. The smallest absolute Gasteiger partial charge is 0.267 e. The molecule has 8 nitrogen and oxygen atoms in total. The molecule has 1 aliphatic rings. The predicted molar refractivity (Wildman–Crippen MR) is 113 cm³/mol. The van der Waals surface area contributed by atoms with E-state index in [2.05, 4.69) is 15.0 Å². The number of benzene rings is 1. The minimum atomic E-state index is -0.324. The first-order chi connectivity index (χ1) is 14.6. The molecule has 1 aromatic carbocycles. The maximum absolute atomic E-state index is 12.7. The molecule has 0 unspecified atom stereocenters. The van der Waals surface area contributed by atoms with Gasteiger partial charge in [-0.25, -0.2) is 9.67 Å². The fraction of sp³-hybridized carbons (Fsp3) is 0.455. The van der Waals surface area contributed by atoms with Crippen LogP contribution in [0.5, 0.6) is 0 Å². The van der Waals surface area contributed by atoms with E-state index < -0.39 is 0 Å². The van der Waals surface area contributed by atoms with Crippen LogP contribution in [-0.4, -0.2) is 39.0 Å². The molecule has 1 amide bonds. The summed E-state index contributed by atoms with van der Waals surface area (Å²) < 4.78 is 8.56. The zero-order chi connectivity index (χ0) is 21.1. The van der Waals surface area contributed by atoms with E-state index in [9.17, 15) is 9.59 Å². The number of hydrogen-bond donors (Lipinski definition) is 1. The van der Waals surface area contributed by atoms with Gasteiger partial charge in [0.15, 0.2) is 0 Å². The molecule has 0 spiro atoms. The molecule has 158 valence electrons. The number of methoxy groups -OCH3 is 1. The zero-order valence-corrected chi connectivity index (χ0v) is 17.4. The maximum Gasteiger partial charge on any atom is 0.267 e. The molecular formula is C22H27N5O3. The average Bonchev–Trinajstić information content (AvgIpc) is 3.11. The number of fused-ring (bicyclic) bond motifs is 2. The lowest BCUT2D eigenvalue weighted by atomic mass is 9.97. The van der Waals surface area contributed by atoms with E-state index in [1.807, 2.05) is 31.2 Å². The van der Waals surface area contributed by atoms with Crippen LogP contribution in [0.3, 0.4) is 0 Å². The van der Waals surface area contributed by atoms with Crippen LogP contribution >= 0.6 is 0 Å². The molecule has 0 saturated heterocycles. The normalized spacial score (nSPS) is 14.5. The van der Waals surface area contributed by atoms with Gasteiger partial charge < -0.3 is 14.6 Å². The van der Waals surface area contributed by atoms with Gasteiger partial charge in [-0.05, 0) is 50.3 Å². The van der Waals surface area contributed by atoms with Crippen molar-refractivity contribution >= 4 is 16.9 Å². The van der Waals surface area contributed by atoms with E-state index in [-0.39, 0.29) is 24.1 Å². The van der Waals surface area contributed by atoms with Crippen molar-refractivity contribution in [3.05, 3.63) is 57.8 Å². The number of nitrogens with one attached hydrogen (secondary N) is 1. The Hall–Kier alpha value is -3.00. The SMILES string of the molecule is COCCn1c([C@H](C)NC(=O)Cn2nc3c(cc2=O)CCCC3)nc2ccccc21. The molecule has 1 atom stereocenters. The van der Waals surface area contributed by atoms with Crippen LogP contribution in [0.2, 0.25) is 0 Å². The highest BCUT2D eigenvalue weighted by Gasteiger charge is 2.20. The number of aryl methyl sites for hydroxylation is 2. The minimum absolute atomic E-state index is 0.102. The summed E-state index contributed by atoms with van der Waals surface area (Å²) in [5.74, 6) is 0.491. The second-order valence-electron chi connectivity index (χ2n) is 7.71. The predicted octanol–water partition coefficient (Wildman–Crippen LogP) is 2.00. The summed E-state index contributed by atoms with van der Waals surface area (Å²) >= 11 is 0. The highest BCUT2D eigenvalue weighted by molar-refractivity contribution is 5.78. The molecule has 0 fully saturated rings. The topological polar surface area (TPSA) is 91.0 Å². The number of para-hydroxylation sites is 2. The van der Waals surface area contributed by atoms with Crippen molar-refractivity contribution in [3.8, 4) is 0 Å². The lowest BCUT2D eigenvalue weighted by molar-refractivity contribution is -0.122. The van der Waals surface area contributed by atoms with Gasteiger partial charge in [-0.1, -0.05) is 12.1 Å². The largest absolute Gasteiger partial charge is 0.383 e. The Labute approximate surface area is 174 Å².